The first-order valence-electron chi connectivity index (χ1n) is 14.1. The van der Waals surface area contributed by atoms with E-state index in [4.69, 9.17) is 0 Å². The molecule has 6 aliphatic rings. The number of nitrogens with zero attached hydrogens (tertiary/aromatic N) is 4. The maximum Gasteiger partial charge on any atom is 0.380 e. The van der Waals surface area contributed by atoms with E-state index < -0.39 is 8.07 Å². The fraction of sp³-hybridized carbons (Fsp3) is 0.0667. The minimum atomic E-state index is -1.81. The van der Waals surface area contributed by atoms with Crippen LogP contribution in [-0.2, 0) is 0 Å². The summed E-state index contributed by atoms with van der Waals surface area (Å²) in [4.78, 5) is 2.85. The topological polar surface area (TPSA) is 13.0 Å². The van der Waals surface area contributed by atoms with Gasteiger partial charge in [0, 0.05) is 9.79 Å². The SMILES string of the molecule is C[Si]1(C)c2ccccc2Sc2c(C3=CN4B5C=CC=CN5B5C=CC=CN5B5C=CC=CN5B4C=C3)cccc21. The van der Waals surface area contributed by atoms with Gasteiger partial charge in [-0.25, -0.2) is 0 Å². The largest absolute Gasteiger partial charge is 0.423 e. The zero-order valence-corrected chi connectivity index (χ0v) is 24.5. The summed E-state index contributed by atoms with van der Waals surface area (Å²) in [5.41, 5.74) is 2.61. The van der Waals surface area contributed by atoms with Gasteiger partial charge in [-0.2, -0.15) is 0 Å². The highest BCUT2D eigenvalue weighted by atomic mass is 32.2. The van der Waals surface area contributed by atoms with Gasteiger partial charge in [0.1, 0.15) is 8.07 Å². The molecule has 0 aliphatic carbocycles. The third kappa shape index (κ3) is 3.59. The van der Waals surface area contributed by atoms with E-state index in [-0.39, 0.29) is 27.9 Å². The van der Waals surface area contributed by atoms with Crippen molar-refractivity contribution in [1.82, 2.24) is 18.9 Å². The standard InChI is InChI=1S/C30H28B4N4SSi/c1-40(2)28-14-4-3-13-27(28)39-30-26(12-11-15-29(30)40)25-16-20-34-37-23-9-6-18-32(37)35-21-8-5-17-31(35)36-22-10-7-19-33(36)38(34)24-25/h3-24H,1-2H3. The fourth-order valence-electron chi connectivity index (χ4n) is 6.90. The minimum Gasteiger partial charge on any atom is -0.423 e. The second-order valence-corrected chi connectivity index (χ2v) is 16.9. The normalized spacial score (nSPS) is 20.9. The highest BCUT2D eigenvalue weighted by molar-refractivity contribution is 8.00. The monoisotopic (exact) mass is 548 g/mol. The number of allylic oxidation sites excluding steroid dienone is 8. The Kier molecular flexibility index (Phi) is 5.58. The first-order chi connectivity index (χ1) is 19.6. The van der Waals surface area contributed by atoms with Gasteiger partial charge in [0.2, 0.25) is 0 Å². The summed E-state index contributed by atoms with van der Waals surface area (Å²) in [6, 6.07) is 16.0. The fourth-order valence-corrected chi connectivity index (χ4v) is 12.5. The van der Waals surface area contributed by atoms with Crippen LogP contribution >= 0.6 is 11.8 Å². The van der Waals surface area contributed by atoms with E-state index in [1.54, 1.807) is 10.4 Å². The first kappa shape index (κ1) is 24.2. The smallest absolute Gasteiger partial charge is 0.380 e. The predicted molar refractivity (Wildman–Crippen MR) is 176 cm³/mol. The Morgan fingerprint density at radius 3 is 1.85 bits per heavy atom. The van der Waals surface area contributed by atoms with E-state index in [0.717, 1.165) is 0 Å². The molecule has 0 unspecified atom stereocenters. The van der Waals surface area contributed by atoms with Gasteiger partial charge in [-0.1, -0.05) is 109 Å². The third-order valence-corrected chi connectivity index (χ3v) is 14.0. The van der Waals surface area contributed by atoms with Crippen molar-refractivity contribution < 1.29 is 0 Å². The summed E-state index contributed by atoms with van der Waals surface area (Å²) in [6.07, 6.45) is 24.5. The van der Waals surface area contributed by atoms with Gasteiger partial charge in [-0.05, 0) is 70.6 Å². The molecule has 0 aromatic heterocycles. The average Bonchev–Trinajstić information content (AvgIpc) is 3.00. The van der Waals surface area contributed by atoms with Crippen LogP contribution in [0.2, 0.25) is 13.1 Å². The summed E-state index contributed by atoms with van der Waals surface area (Å²) < 4.78 is 9.95. The van der Waals surface area contributed by atoms with Crippen LogP contribution in [0, 0.1) is 0 Å². The molecule has 0 atom stereocenters. The number of fused-ring (bicyclic) bond motifs is 10. The molecular weight excluding hydrogens is 520 g/mol. The van der Waals surface area contributed by atoms with Crippen LogP contribution in [0.5, 0.6) is 0 Å². The van der Waals surface area contributed by atoms with E-state index in [9.17, 15) is 0 Å². The molecule has 1 saturated heterocycles. The van der Waals surface area contributed by atoms with Crippen LogP contribution in [0.3, 0.4) is 0 Å². The summed E-state index contributed by atoms with van der Waals surface area (Å²) in [6.45, 7) is 5.39. The molecule has 10 heteroatoms. The average molecular weight is 548 g/mol. The van der Waals surface area contributed by atoms with Crippen LogP contribution in [0.25, 0.3) is 5.57 Å². The van der Waals surface area contributed by atoms with Gasteiger partial charge in [0.25, 0.3) is 0 Å². The van der Waals surface area contributed by atoms with Crippen molar-refractivity contribution in [2.24, 2.45) is 0 Å². The quantitative estimate of drug-likeness (QED) is 0.487. The molecule has 6 aliphatic heterocycles. The Morgan fingerprint density at radius 2 is 1.18 bits per heavy atom. The van der Waals surface area contributed by atoms with Crippen molar-refractivity contribution in [1.29, 1.82) is 0 Å². The summed E-state index contributed by atoms with van der Waals surface area (Å²) >= 11 is 1.95. The number of rotatable bonds is 1. The Balaban J connectivity index is 1.26. The predicted octanol–water partition coefficient (Wildman–Crippen LogP) is 4.47. The number of hydrogen-bond donors (Lipinski definition) is 0. The minimum absolute atomic E-state index is 0.0811. The molecule has 0 N–H and O–H groups in total. The van der Waals surface area contributed by atoms with Crippen LogP contribution in [0.1, 0.15) is 5.56 Å². The zero-order valence-electron chi connectivity index (χ0n) is 22.7. The van der Waals surface area contributed by atoms with Gasteiger partial charge >= 0.3 is 27.9 Å². The van der Waals surface area contributed by atoms with Gasteiger partial charge in [-0.3, -0.25) is 0 Å². The molecule has 0 saturated carbocycles. The molecule has 2 aromatic rings. The van der Waals surface area contributed by atoms with Gasteiger partial charge in [-0.15, -0.1) is 0 Å². The Hall–Kier alpha value is -3.61. The van der Waals surface area contributed by atoms with Crippen molar-refractivity contribution in [2.45, 2.75) is 22.9 Å². The Bertz CT molecular complexity index is 1610. The molecule has 6 heterocycles. The van der Waals surface area contributed by atoms with Crippen LogP contribution in [0.15, 0.2) is 143 Å². The lowest BCUT2D eigenvalue weighted by atomic mass is 9.41. The Labute approximate surface area is 244 Å². The van der Waals surface area contributed by atoms with Gasteiger partial charge in [0.05, 0.1) is 0 Å². The van der Waals surface area contributed by atoms with E-state index in [0.29, 0.717) is 0 Å². The van der Waals surface area contributed by atoms with Gasteiger partial charge in [0.15, 0.2) is 0 Å². The lowest BCUT2D eigenvalue weighted by molar-refractivity contribution is 0.622. The second kappa shape index (κ2) is 9.21. The molecule has 2 aromatic carbocycles. The van der Waals surface area contributed by atoms with E-state index in [2.05, 4.69) is 166 Å². The van der Waals surface area contributed by atoms with E-state index in [1.807, 2.05) is 11.8 Å². The summed E-state index contributed by atoms with van der Waals surface area (Å²) in [5.74, 6) is 9.33. The van der Waals surface area contributed by atoms with Crippen LogP contribution in [0.4, 0.5) is 0 Å². The first-order valence-corrected chi connectivity index (χ1v) is 17.9. The van der Waals surface area contributed by atoms with Crippen molar-refractivity contribution >= 4 is 63.7 Å². The molecular formula is C30H28B4N4SSi. The second-order valence-electron chi connectivity index (χ2n) is 11.5. The molecule has 190 valence electrons. The van der Waals surface area contributed by atoms with E-state index in [1.165, 1.54) is 20.9 Å². The lowest BCUT2D eigenvalue weighted by Gasteiger charge is -2.53. The maximum absolute atomic E-state index is 2.54. The molecule has 8 rings (SSSR count). The molecule has 1 fully saturated rings. The zero-order chi connectivity index (χ0) is 26.8. The highest BCUT2D eigenvalue weighted by Crippen LogP contribution is 2.39. The molecule has 0 amide bonds. The molecule has 0 bridgehead atoms. The maximum atomic E-state index is 2.54. The third-order valence-electron chi connectivity index (χ3n) is 8.91. The molecule has 40 heavy (non-hydrogen) atoms. The van der Waals surface area contributed by atoms with Crippen LogP contribution in [-0.4, -0.2) is 54.9 Å². The van der Waals surface area contributed by atoms with Crippen molar-refractivity contribution in [3.8, 4) is 0 Å². The van der Waals surface area contributed by atoms with Gasteiger partial charge < -0.3 is 18.9 Å². The highest BCUT2D eigenvalue weighted by Gasteiger charge is 2.50. The molecule has 0 radical (unpaired) electrons. The molecule has 4 nitrogen and oxygen atoms in total. The number of hydrogen-bond acceptors (Lipinski definition) is 5. The Morgan fingerprint density at radius 1 is 0.600 bits per heavy atom. The lowest BCUT2D eigenvalue weighted by Crippen LogP contribution is -2.73. The molecule has 0 spiro atoms. The summed E-state index contributed by atoms with van der Waals surface area (Å²) in [7, 11) is -1.81. The van der Waals surface area contributed by atoms with E-state index >= 15 is 0 Å². The van der Waals surface area contributed by atoms with Crippen molar-refractivity contribution in [3.05, 3.63) is 139 Å². The van der Waals surface area contributed by atoms with Crippen LogP contribution < -0.4 is 10.4 Å². The van der Waals surface area contributed by atoms with Crippen molar-refractivity contribution in [2.75, 3.05) is 0 Å². The summed E-state index contributed by atoms with van der Waals surface area (Å²) in [5, 5.41) is 3.09. The van der Waals surface area contributed by atoms with Crippen molar-refractivity contribution in [3.63, 3.8) is 0 Å². The number of benzene rings is 2.